The standard InChI is InChI=1S/C27H33N5O/c1-7-19-15-22-23(27(5,6)13-12-26(22,3)4)16-21(19)17(2)14-18-8-10-20(11-9-18)24(33)28-25-29-31-32-30-25/h8-11,14-16H,7,12-13H2,1-6H3,(H2,28,29,30,31,32,33)/b17-14+. The second-order valence-electron chi connectivity index (χ2n) is 10.3. The number of amides is 1. The molecule has 0 aliphatic heterocycles. The van der Waals surface area contributed by atoms with Crippen molar-refractivity contribution in [3.8, 4) is 0 Å². The van der Waals surface area contributed by atoms with Crippen LogP contribution in [0.4, 0.5) is 5.95 Å². The number of hydrogen-bond acceptors (Lipinski definition) is 4. The molecule has 0 saturated carbocycles. The first-order valence-corrected chi connectivity index (χ1v) is 11.6. The Kier molecular flexibility index (Phi) is 5.95. The molecule has 1 aliphatic carbocycles. The summed E-state index contributed by atoms with van der Waals surface area (Å²) in [6.45, 7) is 13.9. The van der Waals surface area contributed by atoms with Crippen molar-refractivity contribution in [2.45, 2.75) is 71.6 Å². The molecule has 6 heteroatoms. The number of benzene rings is 2. The second-order valence-corrected chi connectivity index (χ2v) is 10.3. The van der Waals surface area contributed by atoms with Gasteiger partial charge in [-0.2, -0.15) is 0 Å². The smallest absolute Gasteiger partial charge is 0.258 e. The third kappa shape index (κ3) is 4.61. The Morgan fingerprint density at radius 1 is 1.06 bits per heavy atom. The number of nitrogens with one attached hydrogen (secondary N) is 2. The number of anilines is 1. The van der Waals surface area contributed by atoms with E-state index in [1.807, 2.05) is 24.3 Å². The maximum atomic E-state index is 12.4. The van der Waals surface area contributed by atoms with Gasteiger partial charge in [-0.3, -0.25) is 10.1 Å². The molecule has 1 heterocycles. The Morgan fingerprint density at radius 3 is 2.27 bits per heavy atom. The first-order chi connectivity index (χ1) is 15.6. The third-order valence-corrected chi connectivity index (χ3v) is 7.02. The molecule has 0 radical (unpaired) electrons. The topological polar surface area (TPSA) is 83.6 Å². The van der Waals surface area contributed by atoms with E-state index in [1.54, 1.807) is 0 Å². The van der Waals surface area contributed by atoms with E-state index in [4.69, 9.17) is 0 Å². The monoisotopic (exact) mass is 443 g/mol. The molecule has 0 atom stereocenters. The van der Waals surface area contributed by atoms with Crippen LogP contribution >= 0.6 is 0 Å². The number of aryl methyl sites for hydroxylation is 1. The van der Waals surface area contributed by atoms with Gasteiger partial charge in [0, 0.05) is 5.56 Å². The predicted molar refractivity (Wildman–Crippen MR) is 133 cm³/mol. The van der Waals surface area contributed by atoms with E-state index in [9.17, 15) is 4.79 Å². The molecule has 4 rings (SSSR count). The van der Waals surface area contributed by atoms with Gasteiger partial charge in [0.1, 0.15) is 0 Å². The minimum absolute atomic E-state index is 0.181. The van der Waals surface area contributed by atoms with Gasteiger partial charge in [0.05, 0.1) is 0 Å². The van der Waals surface area contributed by atoms with Crippen LogP contribution in [0.5, 0.6) is 0 Å². The molecule has 1 aromatic heterocycles. The fraction of sp³-hybridized carbons (Fsp3) is 0.407. The lowest BCUT2D eigenvalue weighted by Gasteiger charge is -2.42. The molecular formula is C27H33N5O. The van der Waals surface area contributed by atoms with Crippen molar-refractivity contribution in [2.24, 2.45) is 0 Å². The quantitative estimate of drug-likeness (QED) is 0.479. The van der Waals surface area contributed by atoms with E-state index >= 15 is 0 Å². The third-order valence-electron chi connectivity index (χ3n) is 7.02. The summed E-state index contributed by atoms with van der Waals surface area (Å²) in [6, 6.07) is 12.5. The molecule has 0 saturated heterocycles. The number of fused-ring (bicyclic) bond motifs is 1. The summed E-state index contributed by atoms with van der Waals surface area (Å²) in [4.78, 5) is 12.4. The van der Waals surface area contributed by atoms with E-state index in [0.717, 1.165) is 12.0 Å². The summed E-state index contributed by atoms with van der Waals surface area (Å²) in [5.74, 6) is -0.0287. The van der Waals surface area contributed by atoms with Crippen LogP contribution in [-0.4, -0.2) is 26.5 Å². The maximum Gasteiger partial charge on any atom is 0.258 e. The van der Waals surface area contributed by atoms with Gasteiger partial charge in [0.25, 0.3) is 5.91 Å². The van der Waals surface area contributed by atoms with Crippen LogP contribution in [0.2, 0.25) is 0 Å². The van der Waals surface area contributed by atoms with Crippen molar-refractivity contribution >= 4 is 23.5 Å². The van der Waals surface area contributed by atoms with Gasteiger partial charge in [-0.25, -0.2) is 5.10 Å². The molecule has 0 bridgehead atoms. The first-order valence-electron chi connectivity index (χ1n) is 11.6. The molecule has 1 aliphatic rings. The van der Waals surface area contributed by atoms with Gasteiger partial charge in [0.2, 0.25) is 5.95 Å². The number of allylic oxidation sites excluding steroid dienone is 1. The van der Waals surface area contributed by atoms with Crippen molar-refractivity contribution in [1.29, 1.82) is 0 Å². The Labute approximate surface area is 195 Å². The number of aromatic nitrogens is 4. The SMILES string of the molecule is CCc1cc2c(cc1/C(C)=C/c1ccc(C(=O)Nc3nnn[nH]3)cc1)C(C)(C)CCC2(C)C. The largest absolute Gasteiger partial charge is 0.289 e. The molecule has 172 valence electrons. The summed E-state index contributed by atoms with van der Waals surface area (Å²) < 4.78 is 0. The van der Waals surface area contributed by atoms with E-state index < -0.39 is 0 Å². The van der Waals surface area contributed by atoms with Crippen LogP contribution < -0.4 is 5.32 Å². The molecule has 3 aromatic rings. The molecule has 2 aromatic carbocycles. The van der Waals surface area contributed by atoms with Crippen LogP contribution in [0.1, 0.15) is 92.6 Å². The Morgan fingerprint density at radius 2 is 1.70 bits per heavy atom. The van der Waals surface area contributed by atoms with Crippen LogP contribution in [0.3, 0.4) is 0 Å². The van der Waals surface area contributed by atoms with E-state index in [0.29, 0.717) is 5.56 Å². The Bertz CT molecular complexity index is 1190. The van der Waals surface area contributed by atoms with Crippen LogP contribution in [0, 0.1) is 0 Å². The summed E-state index contributed by atoms with van der Waals surface area (Å²) in [6.07, 6.45) is 5.62. The zero-order valence-electron chi connectivity index (χ0n) is 20.4. The van der Waals surface area contributed by atoms with Crippen LogP contribution in [0.25, 0.3) is 11.6 Å². The van der Waals surface area contributed by atoms with Gasteiger partial charge in [-0.15, -0.1) is 0 Å². The van der Waals surface area contributed by atoms with Crippen molar-refractivity contribution in [3.63, 3.8) is 0 Å². The molecular weight excluding hydrogens is 410 g/mol. The maximum absolute atomic E-state index is 12.4. The second kappa shape index (κ2) is 8.58. The minimum Gasteiger partial charge on any atom is -0.289 e. The highest BCUT2D eigenvalue weighted by atomic mass is 16.1. The summed E-state index contributed by atoms with van der Waals surface area (Å²) in [5.41, 5.74) is 8.93. The molecule has 1 amide bonds. The minimum atomic E-state index is -0.256. The Balaban J connectivity index is 1.64. The van der Waals surface area contributed by atoms with Crippen LogP contribution in [-0.2, 0) is 17.3 Å². The van der Waals surface area contributed by atoms with Gasteiger partial charge in [-0.1, -0.05) is 70.1 Å². The lowest BCUT2D eigenvalue weighted by Crippen LogP contribution is -2.34. The summed E-state index contributed by atoms with van der Waals surface area (Å²) in [7, 11) is 0. The number of carbonyl (C=O) groups is 1. The van der Waals surface area contributed by atoms with Crippen molar-refractivity contribution < 1.29 is 4.79 Å². The predicted octanol–water partition coefficient (Wildman–Crippen LogP) is 5.92. The fourth-order valence-corrected chi connectivity index (χ4v) is 4.77. The zero-order valence-corrected chi connectivity index (χ0v) is 20.4. The molecule has 0 fully saturated rings. The first kappa shape index (κ1) is 22.9. The van der Waals surface area contributed by atoms with E-state index in [-0.39, 0.29) is 22.7 Å². The molecule has 0 unspecified atom stereocenters. The zero-order chi connectivity index (χ0) is 23.8. The highest BCUT2D eigenvalue weighted by Crippen LogP contribution is 2.47. The molecule has 33 heavy (non-hydrogen) atoms. The summed E-state index contributed by atoms with van der Waals surface area (Å²) >= 11 is 0. The number of nitrogens with zero attached hydrogens (tertiary/aromatic N) is 3. The average molecular weight is 444 g/mol. The lowest BCUT2D eigenvalue weighted by atomic mass is 9.62. The lowest BCUT2D eigenvalue weighted by molar-refractivity contribution is 0.102. The number of tetrazole rings is 1. The highest BCUT2D eigenvalue weighted by molar-refractivity contribution is 6.03. The van der Waals surface area contributed by atoms with E-state index in [2.05, 4.69) is 85.7 Å². The van der Waals surface area contributed by atoms with E-state index in [1.165, 1.54) is 40.7 Å². The number of rotatable bonds is 5. The van der Waals surface area contributed by atoms with Crippen molar-refractivity contribution in [1.82, 2.24) is 20.6 Å². The number of carbonyl (C=O) groups excluding carboxylic acids is 1. The fourth-order valence-electron chi connectivity index (χ4n) is 4.77. The van der Waals surface area contributed by atoms with Gasteiger partial charge >= 0.3 is 0 Å². The van der Waals surface area contributed by atoms with Crippen LogP contribution in [0.15, 0.2) is 36.4 Å². The number of hydrogen-bond donors (Lipinski definition) is 2. The van der Waals surface area contributed by atoms with Gasteiger partial charge < -0.3 is 0 Å². The number of H-pyrrole nitrogens is 1. The molecule has 0 spiro atoms. The van der Waals surface area contributed by atoms with Gasteiger partial charge in [0.15, 0.2) is 0 Å². The summed E-state index contributed by atoms with van der Waals surface area (Å²) in [5, 5.41) is 15.8. The highest BCUT2D eigenvalue weighted by Gasteiger charge is 2.37. The van der Waals surface area contributed by atoms with Crippen molar-refractivity contribution in [2.75, 3.05) is 5.32 Å². The van der Waals surface area contributed by atoms with Gasteiger partial charge in [-0.05, 0) is 93.0 Å². The average Bonchev–Trinajstić information content (AvgIpc) is 3.29. The number of aromatic amines is 1. The molecule has 6 nitrogen and oxygen atoms in total. The normalized spacial score (nSPS) is 16.8. The Hall–Kier alpha value is -3.28. The molecule has 2 N–H and O–H groups in total. The van der Waals surface area contributed by atoms with Crippen molar-refractivity contribution in [3.05, 3.63) is 69.8 Å².